The summed E-state index contributed by atoms with van der Waals surface area (Å²) in [7, 11) is 0. The Labute approximate surface area is 255 Å². The van der Waals surface area contributed by atoms with E-state index in [-0.39, 0.29) is 0 Å². The van der Waals surface area contributed by atoms with Crippen LogP contribution < -0.4 is 0 Å². The van der Waals surface area contributed by atoms with Crippen LogP contribution in [0.4, 0.5) is 0 Å². The third-order valence-corrected chi connectivity index (χ3v) is 9.96. The standard InChI is InChI=1S/C40H44OS/c1-3-5-7-9-11-13-29-15-19-31(20-16-29)33-23-25-35-37(27-33)41-39-36-26-24-34(28-38(36)42-40(35)39)32-21-17-30(18-22-32)14-12-10-8-6-4-2/h15-28H,3-14H2,1-2H3. The Balaban J connectivity index is 1.16. The molecule has 0 aliphatic rings. The molecule has 0 N–H and O–H groups in total. The Hall–Kier alpha value is -3.36. The maximum absolute atomic E-state index is 6.51. The fourth-order valence-electron chi connectivity index (χ4n) is 6.21. The zero-order valence-corrected chi connectivity index (χ0v) is 26.2. The van der Waals surface area contributed by atoms with E-state index in [0.29, 0.717) is 0 Å². The molecule has 216 valence electrons. The van der Waals surface area contributed by atoms with Gasteiger partial charge in [0.15, 0.2) is 5.58 Å². The van der Waals surface area contributed by atoms with E-state index < -0.39 is 0 Å². The first kappa shape index (κ1) is 28.7. The average molecular weight is 573 g/mol. The minimum absolute atomic E-state index is 0.977. The summed E-state index contributed by atoms with van der Waals surface area (Å²) in [6, 6.07) is 31.9. The van der Waals surface area contributed by atoms with Crippen molar-refractivity contribution in [3.63, 3.8) is 0 Å². The summed E-state index contributed by atoms with van der Waals surface area (Å²) >= 11 is 1.85. The van der Waals surface area contributed by atoms with E-state index in [1.807, 2.05) is 11.3 Å². The summed E-state index contributed by atoms with van der Waals surface area (Å²) in [4.78, 5) is 0. The number of benzene rings is 4. The van der Waals surface area contributed by atoms with Crippen molar-refractivity contribution < 1.29 is 4.42 Å². The molecule has 0 fully saturated rings. The zero-order valence-electron chi connectivity index (χ0n) is 25.4. The fraction of sp³-hybridized carbons (Fsp3) is 0.350. The lowest BCUT2D eigenvalue weighted by Crippen LogP contribution is -1.87. The summed E-state index contributed by atoms with van der Waals surface area (Å²) < 4.78 is 9.05. The highest BCUT2D eigenvalue weighted by molar-refractivity contribution is 7.26. The van der Waals surface area contributed by atoms with Crippen LogP contribution in [0.3, 0.4) is 0 Å². The van der Waals surface area contributed by atoms with E-state index in [2.05, 4.69) is 98.8 Å². The first-order chi connectivity index (χ1) is 20.7. The molecule has 6 rings (SSSR count). The number of hydrogen-bond donors (Lipinski definition) is 0. The van der Waals surface area contributed by atoms with E-state index in [0.717, 1.165) is 11.2 Å². The summed E-state index contributed by atoms with van der Waals surface area (Å²) in [5, 5.41) is 2.42. The van der Waals surface area contributed by atoms with Gasteiger partial charge >= 0.3 is 0 Å². The summed E-state index contributed by atoms with van der Waals surface area (Å²) in [5.74, 6) is 0. The highest BCUT2D eigenvalue weighted by atomic mass is 32.1. The van der Waals surface area contributed by atoms with Gasteiger partial charge in [0, 0.05) is 15.5 Å². The minimum Gasteiger partial charge on any atom is -0.454 e. The predicted molar refractivity (Wildman–Crippen MR) is 185 cm³/mol. The van der Waals surface area contributed by atoms with E-state index in [1.54, 1.807) is 0 Å². The van der Waals surface area contributed by atoms with Crippen LogP contribution in [0.2, 0.25) is 0 Å². The average Bonchev–Trinajstić information content (AvgIpc) is 3.56. The van der Waals surface area contributed by atoms with Gasteiger partial charge in [-0.15, -0.1) is 11.3 Å². The quantitative estimate of drug-likeness (QED) is 0.118. The molecule has 0 spiro atoms. The molecule has 1 nitrogen and oxygen atoms in total. The number of fused-ring (bicyclic) bond motifs is 5. The second kappa shape index (κ2) is 13.7. The number of aryl methyl sites for hydroxylation is 2. The number of unbranched alkanes of at least 4 members (excludes halogenated alkanes) is 8. The van der Waals surface area contributed by atoms with E-state index >= 15 is 0 Å². The van der Waals surface area contributed by atoms with Crippen molar-refractivity contribution in [3.05, 3.63) is 96.1 Å². The lowest BCUT2D eigenvalue weighted by molar-refractivity contribution is 0.632. The van der Waals surface area contributed by atoms with Gasteiger partial charge in [0.2, 0.25) is 0 Å². The van der Waals surface area contributed by atoms with Crippen LogP contribution in [-0.4, -0.2) is 0 Å². The molecule has 2 aromatic heterocycles. The fourth-order valence-corrected chi connectivity index (χ4v) is 7.41. The second-order valence-corrected chi connectivity index (χ2v) is 13.1. The van der Waals surface area contributed by atoms with E-state index in [1.165, 1.54) is 131 Å². The number of thiophene rings is 1. The van der Waals surface area contributed by atoms with E-state index in [9.17, 15) is 0 Å². The predicted octanol–water partition coefficient (Wildman–Crippen LogP) is 13.2. The maximum Gasteiger partial charge on any atom is 0.154 e. The van der Waals surface area contributed by atoms with Crippen molar-refractivity contribution in [1.29, 1.82) is 0 Å². The molecular formula is C40H44OS. The summed E-state index contributed by atoms with van der Waals surface area (Å²) in [6.07, 6.45) is 15.7. The Morgan fingerprint density at radius 3 is 1.57 bits per heavy atom. The van der Waals surface area contributed by atoms with Crippen molar-refractivity contribution in [3.8, 4) is 22.3 Å². The van der Waals surface area contributed by atoms with Gasteiger partial charge in [0.25, 0.3) is 0 Å². The third kappa shape index (κ3) is 6.50. The van der Waals surface area contributed by atoms with Crippen LogP contribution in [0.5, 0.6) is 0 Å². The van der Waals surface area contributed by atoms with Gasteiger partial charge < -0.3 is 4.42 Å². The normalized spacial score (nSPS) is 11.8. The molecule has 0 atom stereocenters. The van der Waals surface area contributed by atoms with Gasteiger partial charge in [-0.3, -0.25) is 0 Å². The molecule has 0 saturated heterocycles. The molecule has 2 heterocycles. The van der Waals surface area contributed by atoms with Gasteiger partial charge in [-0.2, -0.15) is 0 Å². The molecule has 0 aliphatic heterocycles. The van der Waals surface area contributed by atoms with Gasteiger partial charge in [0.1, 0.15) is 5.58 Å². The number of hydrogen-bond acceptors (Lipinski definition) is 2. The molecule has 0 saturated carbocycles. The van der Waals surface area contributed by atoms with E-state index in [4.69, 9.17) is 4.42 Å². The highest BCUT2D eigenvalue weighted by Crippen LogP contribution is 2.43. The molecule has 0 amide bonds. The van der Waals surface area contributed by atoms with Crippen LogP contribution >= 0.6 is 11.3 Å². The minimum atomic E-state index is 0.977. The van der Waals surface area contributed by atoms with Crippen LogP contribution in [0.25, 0.3) is 53.6 Å². The largest absolute Gasteiger partial charge is 0.454 e. The zero-order chi connectivity index (χ0) is 28.7. The van der Waals surface area contributed by atoms with Gasteiger partial charge in [0.05, 0.1) is 4.70 Å². The lowest BCUT2D eigenvalue weighted by atomic mass is 10.00. The molecule has 0 radical (unpaired) electrons. The highest BCUT2D eigenvalue weighted by Gasteiger charge is 2.15. The lowest BCUT2D eigenvalue weighted by Gasteiger charge is -2.06. The molecule has 2 heteroatoms. The van der Waals surface area contributed by atoms with Crippen LogP contribution in [0.15, 0.2) is 89.3 Å². The second-order valence-electron chi connectivity index (χ2n) is 12.0. The monoisotopic (exact) mass is 572 g/mol. The molecule has 4 aromatic carbocycles. The molecule has 6 aromatic rings. The van der Waals surface area contributed by atoms with Crippen molar-refractivity contribution in [2.45, 2.75) is 90.9 Å². The number of rotatable bonds is 14. The number of furan rings is 1. The smallest absolute Gasteiger partial charge is 0.154 e. The van der Waals surface area contributed by atoms with Crippen LogP contribution in [-0.2, 0) is 12.8 Å². The molecular weight excluding hydrogens is 529 g/mol. The maximum atomic E-state index is 6.51. The van der Waals surface area contributed by atoms with Crippen molar-refractivity contribution in [2.75, 3.05) is 0 Å². The van der Waals surface area contributed by atoms with Crippen molar-refractivity contribution in [1.82, 2.24) is 0 Å². The first-order valence-electron chi connectivity index (χ1n) is 16.3. The summed E-state index contributed by atoms with van der Waals surface area (Å²) in [6.45, 7) is 4.55. The molecule has 0 aliphatic carbocycles. The van der Waals surface area contributed by atoms with Gasteiger partial charge in [-0.1, -0.05) is 126 Å². The molecule has 42 heavy (non-hydrogen) atoms. The first-order valence-corrected chi connectivity index (χ1v) is 17.1. The Bertz CT molecular complexity index is 1600. The van der Waals surface area contributed by atoms with Gasteiger partial charge in [-0.25, -0.2) is 0 Å². The van der Waals surface area contributed by atoms with Crippen molar-refractivity contribution in [2.24, 2.45) is 0 Å². The topological polar surface area (TPSA) is 13.1 Å². The van der Waals surface area contributed by atoms with Gasteiger partial charge in [-0.05, 0) is 83.3 Å². The van der Waals surface area contributed by atoms with Crippen LogP contribution in [0.1, 0.15) is 89.2 Å². The van der Waals surface area contributed by atoms with Crippen molar-refractivity contribution >= 4 is 42.7 Å². The Kier molecular flexibility index (Phi) is 9.41. The SMILES string of the molecule is CCCCCCCc1ccc(-c2ccc3c(c2)oc2c4ccc(-c5ccc(CCCCCCC)cc5)cc4sc32)cc1. The Morgan fingerprint density at radius 2 is 1.00 bits per heavy atom. The third-order valence-electron chi connectivity index (χ3n) is 8.80. The van der Waals surface area contributed by atoms with Crippen LogP contribution in [0, 0.1) is 0 Å². The summed E-state index contributed by atoms with van der Waals surface area (Å²) in [5.41, 5.74) is 9.91. The molecule has 0 unspecified atom stereocenters. The Morgan fingerprint density at radius 1 is 0.500 bits per heavy atom. The molecule has 0 bridgehead atoms.